The Balaban J connectivity index is 1.41. The highest BCUT2D eigenvalue weighted by atomic mass is 16.2. The number of nitrogens with zero attached hydrogens (tertiary/aromatic N) is 2. The molecule has 2 fully saturated rings. The highest BCUT2D eigenvalue weighted by molar-refractivity contribution is 6.00. The lowest BCUT2D eigenvalue weighted by atomic mass is 9.80. The lowest BCUT2D eigenvalue weighted by molar-refractivity contribution is -0.138. The summed E-state index contributed by atoms with van der Waals surface area (Å²) in [5.41, 5.74) is 18.0. The summed E-state index contributed by atoms with van der Waals surface area (Å²) < 4.78 is 0. The number of nitrogens with one attached hydrogen (secondary N) is 8. The summed E-state index contributed by atoms with van der Waals surface area (Å²) in [5, 5.41) is 17.4. The molecule has 7 amide bonds. The van der Waals surface area contributed by atoms with Crippen molar-refractivity contribution < 1.29 is 33.6 Å². The summed E-state index contributed by atoms with van der Waals surface area (Å²) in [6.07, 6.45) is 6.40. The van der Waals surface area contributed by atoms with Crippen molar-refractivity contribution in [3.63, 3.8) is 0 Å². The van der Waals surface area contributed by atoms with Gasteiger partial charge in [0, 0.05) is 54.8 Å². The molecule has 5 atom stereocenters. The number of rotatable bonds is 11. The third-order valence-electron chi connectivity index (χ3n) is 11.4. The van der Waals surface area contributed by atoms with Crippen LogP contribution < -0.4 is 49.1 Å². The Kier molecular flexibility index (Phi) is 15.1. The van der Waals surface area contributed by atoms with Crippen molar-refractivity contribution >= 4 is 58.2 Å². The average Bonchev–Trinajstić information content (AvgIpc) is 3.94. The van der Waals surface area contributed by atoms with E-state index in [1.807, 2.05) is 24.3 Å². The van der Waals surface area contributed by atoms with Crippen LogP contribution in [0.2, 0.25) is 0 Å². The summed E-state index contributed by atoms with van der Waals surface area (Å²) in [4.78, 5) is 113. The molecular formula is C43H55N13O7. The average molecular weight is 866 g/mol. The number of hydrogen-bond acceptors (Lipinski definition) is 9. The topological polar surface area (TPSA) is 327 Å². The molecule has 2 aliphatic rings. The van der Waals surface area contributed by atoms with Crippen LogP contribution >= 0.6 is 0 Å². The number of benzene rings is 2. The van der Waals surface area contributed by atoms with E-state index >= 15 is 0 Å². The van der Waals surface area contributed by atoms with Gasteiger partial charge in [-0.15, -0.1) is 0 Å². The predicted octanol–water partition coefficient (Wildman–Crippen LogP) is -0.895. The van der Waals surface area contributed by atoms with Gasteiger partial charge in [-0.3, -0.25) is 38.6 Å². The second-order valence-corrected chi connectivity index (χ2v) is 16.1. The number of nitrogens with two attached hydrogens (primary N) is 3. The van der Waals surface area contributed by atoms with Gasteiger partial charge < -0.3 is 59.1 Å². The normalized spacial score (nSPS) is 22.8. The molecule has 1 aliphatic carbocycles. The van der Waals surface area contributed by atoms with Crippen LogP contribution in [-0.4, -0.2) is 105 Å². The predicted molar refractivity (Wildman–Crippen MR) is 232 cm³/mol. The number of para-hydroxylation sites is 1. The summed E-state index contributed by atoms with van der Waals surface area (Å²) in [6.45, 7) is 0.101. The van der Waals surface area contributed by atoms with Crippen LogP contribution in [0.25, 0.3) is 10.9 Å². The molecule has 1 saturated heterocycles. The molecule has 4 aromatic rings. The number of imidazole rings is 1. The number of carbonyl (C=O) groups is 7. The molecule has 14 N–H and O–H groups in total. The maximum atomic E-state index is 14.5. The van der Waals surface area contributed by atoms with Gasteiger partial charge in [-0.2, -0.15) is 0 Å². The third-order valence-corrected chi connectivity index (χ3v) is 11.4. The van der Waals surface area contributed by atoms with E-state index in [0.29, 0.717) is 29.7 Å². The molecule has 6 rings (SSSR count). The molecule has 2 aromatic heterocycles. The van der Waals surface area contributed by atoms with Gasteiger partial charge in [0.15, 0.2) is 5.96 Å². The Morgan fingerprint density at radius 1 is 0.714 bits per heavy atom. The van der Waals surface area contributed by atoms with Crippen LogP contribution in [0.3, 0.4) is 0 Å². The van der Waals surface area contributed by atoms with Crippen molar-refractivity contribution in [2.45, 2.75) is 106 Å². The van der Waals surface area contributed by atoms with Crippen molar-refractivity contribution in [2.24, 2.45) is 22.2 Å². The first kappa shape index (κ1) is 45.3. The van der Waals surface area contributed by atoms with E-state index in [4.69, 9.17) is 17.2 Å². The molecule has 0 unspecified atom stereocenters. The van der Waals surface area contributed by atoms with Crippen molar-refractivity contribution in [1.82, 2.24) is 46.9 Å². The largest absolute Gasteiger partial charge is 0.370 e. The van der Waals surface area contributed by atoms with E-state index < -0.39 is 83.5 Å². The van der Waals surface area contributed by atoms with Gasteiger partial charge in [0.2, 0.25) is 41.4 Å². The van der Waals surface area contributed by atoms with Crippen molar-refractivity contribution in [2.75, 3.05) is 6.54 Å². The zero-order valence-electron chi connectivity index (χ0n) is 34.8. The zero-order chi connectivity index (χ0) is 44.9. The molecule has 20 nitrogen and oxygen atoms in total. The summed E-state index contributed by atoms with van der Waals surface area (Å²) >= 11 is 0. The number of aromatic nitrogens is 3. The molecule has 1 saturated carbocycles. The maximum Gasteiger partial charge on any atom is 0.246 e. The second-order valence-electron chi connectivity index (χ2n) is 16.1. The lowest BCUT2D eigenvalue weighted by Crippen LogP contribution is -2.64. The SMILES string of the molecule is NC(=O)[C@@H]1CC(=O)NC2(CCCCC2)C(=O)N[C@@H](Cc2cnc[nH]2)C(=O)N[C@H](Cc2ccccc2)C(=O)N[C@@H](CCCN=C(N)N)C(=O)N[C@@H](Cc2c[nH]c3ccccc23)C(=O)N1. The van der Waals surface area contributed by atoms with E-state index in [-0.39, 0.29) is 57.5 Å². The Labute approximate surface area is 363 Å². The lowest BCUT2D eigenvalue weighted by Gasteiger charge is -2.38. The highest BCUT2D eigenvalue weighted by Crippen LogP contribution is 2.29. The first-order valence-corrected chi connectivity index (χ1v) is 21.0. The summed E-state index contributed by atoms with van der Waals surface area (Å²) in [5.74, 6) is -5.67. The van der Waals surface area contributed by atoms with Crippen LogP contribution in [0.5, 0.6) is 0 Å². The van der Waals surface area contributed by atoms with Crippen LogP contribution in [0, 0.1) is 0 Å². The smallest absolute Gasteiger partial charge is 0.246 e. The number of aromatic amines is 2. The fourth-order valence-electron chi connectivity index (χ4n) is 8.06. The van der Waals surface area contributed by atoms with E-state index in [2.05, 4.69) is 51.8 Å². The van der Waals surface area contributed by atoms with Gasteiger partial charge in [0.25, 0.3) is 0 Å². The molecule has 2 aromatic carbocycles. The molecule has 63 heavy (non-hydrogen) atoms. The number of primary amides is 1. The monoisotopic (exact) mass is 865 g/mol. The van der Waals surface area contributed by atoms with Gasteiger partial charge in [-0.05, 0) is 42.9 Å². The maximum absolute atomic E-state index is 14.5. The van der Waals surface area contributed by atoms with Gasteiger partial charge in [0.05, 0.1) is 12.7 Å². The number of fused-ring (bicyclic) bond motifs is 1. The van der Waals surface area contributed by atoms with Crippen LogP contribution in [0.1, 0.15) is 68.2 Å². The first-order valence-electron chi connectivity index (χ1n) is 21.0. The molecule has 1 aliphatic heterocycles. The van der Waals surface area contributed by atoms with Crippen molar-refractivity contribution in [3.8, 4) is 0 Å². The Hall–Kier alpha value is -7.25. The van der Waals surface area contributed by atoms with Crippen LogP contribution in [-0.2, 0) is 52.8 Å². The Morgan fingerprint density at radius 3 is 2.03 bits per heavy atom. The van der Waals surface area contributed by atoms with E-state index in [9.17, 15) is 33.6 Å². The second kappa shape index (κ2) is 21.0. The van der Waals surface area contributed by atoms with Gasteiger partial charge >= 0.3 is 0 Å². The highest BCUT2D eigenvalue weighted by Gasteiger charge is 2.43. The molecule has 0 radical (unpaired) electrons. The minimum Gasteiger partial charge on any atom is -0.370 e. The molecule has 0 bridgehead atoms. The number of guanidine groups is 1. The number of amides is 7. The fourth-order valence-corrected chi connectivity index (χ4v) is 8.06. The number of hydrogen-bond donors (Lipinski definition) is 11. The molecule has 334 valence electrons. The van der Waals surface area contributed by atoms with Crippen molar-refractivity contribution in [1.29, 1.82) is 0 Å². The van der Waals surface area contributed by atoms with E-state index in [1.165, 1.54) is 12.5 Å². The molecule has 20 heteroatoms. The van der Waals surface area contributed by atoms with Gasteiger partial charge in [0.1, 0.15) is 35.7 Å². The molecule has 3 heterocycles. The zero-order valence-corrected chi connectivity index (χ0v) is 34.8. The standard InChI is InChI=1S/C43H55N13O7/c44-36(58)31-21-35(57)56-43(15-7-2-8-16-43)41(63)55-34(20-27-23-47-24-50-27)40(62)53-32(18-25-10-3-1-4-11-25)38(60)51-30(14-9-17-48-42(45)46)37(59)54-33(39(61)52-31)19-26-22-49-29-13-6-5-12-28(26)29/h1,3-6,10-13,22-24,30-34,49H,2,7-9,14-21H2,(H2,44,58)(H,47,50)(H,51,60)(H,52,61)(H,53,62)(H,54,59)(H,55,63)(H,56,57)(H4,45,46,48)/t30-,31-,32+,33-,34-/m0/s1. The number of aliphatic imine (C=N–C) groups is 1. The number of H-pyrrole nitrogens is 2. The molecule has 1 spiro atoms. The minimum atomic E-state index is -1.56. The van der Waals surface area contributed by atoms with E-state index in [0.717, 1.165) is 17.3 Å². The van der Waals surface area contributed by atoms with Crippen molar-refractivity contribution in [3.05, 3.63) is 90.1 Å². The van der Waals surface area contributed by atoms with Gasteiger partial charge in [-0.1, -0.05) is 67.8 Å². The minimum absolute atomic E-state index is 0.00749. The molecular weight excluding hydrogens is 811 g/mol. The van der Waals surface area contributed by atoms with Crippen LogP contribution in [0.15, 0.2) is 78.3 Å². The first-order chi connectivity index (χ1) is 30.3. The Morgan fingerprint density at radius 2 is 1.35 bits per heavy atom. The number of carbonyl (C=O) groups excluding carboxylic acids is 7. The third kappa shape index (κ3) is 12.2. The fraction of sp³-hybridized carbons (Fsp3) is 0.419. The van der Waals surface area contributed by atoms with Crippen LogP contribution in [0.4, 0.5) is 0 Å². The quantitative estimate of drug-likeness (QED) is 0.0502. The van der Waals surface area contributed by atoms with E-state index in [1.54, 1.807) is 36.5 Å². The summed E-state index contributed by atoms with van der Waals surface area (Å²) in [6, 6.07) is 9.48. The van der Waals surface area contributed by atoms with Gasteiger partial charge in [-0.25, -0.2) is 4.98 Å². The summed E-state index contributed by atoms with van der Waals surface area (Å²) in [7, 11) is 0. The Bertz CT molecular complexity index is 2290.